The molecule has 0 spiro atoms. The summed E-state index contributed by atoms with van der Waals surface area (Å²) in [5.41, 5.74) is 9.90. The van der Waals surface area contributed by atoms with Gasteiger partial charge in [0.15, 0.2) is 0 Å². The van der Waals surface area contributed by atoms with Gasteiger partial charge in [0.25, 0.3) is 0 Å². The molecule has 50 heavy (non-hydrogen) atoms. The van der Waals surface area contributed by atoms with Crippen LogP contribution in [0.3, 0.4) is 0 Å². The molecule has 0 aromatic heterocycles. The molecule has 0 N–H and O–H groups in total. The van der Waals surface area contributed by atoms with Gasteiger partial charge in [0.2, 0.25) is 0 Å². The first kappa shape index (κ1) is 28.5. The van der Waals surface area contributed by atoms with E-state index in [1.807, 2.05) is 0 Å². The topological polar surface area (TPSA) is 0 Å². The summed E-state index contributed by atoms with van der Waals surface area (Å²) in [6.45, 7) is 0. The summed E-state index contributed by atoms with van der Waals surface area (Å²) >= 11 is 0. The molecule has 0 radical (unpaired) electrons. The van der Waals surface area contributed by atoms with E-state index in [4.69, 9.17) is 0 Å². The average molecular weight is 633 g/mol. The van der Waals surface area contributed by atoms with Crippen molar-refractivity contribution in [2.75, 3.05) is 0 Å². The van der Waals surface area contributed by atoms with Crippen LogP contribution in [0.4, 0.5) is 0 Å². The molecule has 10 rings (SSSR count). The summed E-state index contributed by atoms with van der Waals surface area (Å²) in [5, 5.41) is 12.6. The molecule has 0 fully saturated rings. The third-order valence-corrected chi connectivity index (χ3v) is 10.4. The number of fused-ring (bicyclic) bond motifs is 5. The molecule has 0 bridgehead atoms. The van der Waals surface area contributed by atoms with Crippen molar-refractivity contribution in [2.45, 2.75) is 0 Å². The summed E-state index contributed by atoms with van der Waals surface area (Å²) in [6, 6.07) is 71.5. The molecule has 0 atom stereocenters. The molecule has 232 valence electrons. The van der Waals surface area contributed by atoms with Gasteiger partial charge >= 0.3 is 0 Å². The van der Waals surface area contributed by atoms with E-state index in [9.17, 15) is 0 Å². The van der Waals surface area contributed by atoms with E-state index in [-0.39, 0.29) is 0 Å². The summed E-state index contributed by atoms with van der Waals surface area (Å²) in [5.74, 6) is 0. The Morgan fingerprint density at radius 3 is 1.14 bits per heavy atom. The molecule has 0 aliphatic rings. The molecule has 0 aliphatic heterocycles. The molecule has 0 unspecified atom stereocenters. The standard InChI is InChI=1S/C50H32/c1-3-15-36-28-38(26-24-33(36)12-1)40-30-41(39-27-25-34-13-2-4-16-37(34)29-39)32-42(31-40)49-45-19-7-9-21-47(45)50(48-22-10-8-20-46(48)49)44-23-11-17-35-14-5-6-18-43(35)44/h1-32H. The molecular formula is C50H32. The van der Waals surface area contributed by atoms with Crippen LogP contribution in [0.1, 0.15) is 0 Å². The second-order valence-electron chi connectivity index (χ2n) is 13.3. The number of benzene rings is 10. The fourth-order valence-corrected chi connectivity index (χ4v) is 8.02. The fraction of sp³-hybridized carbons (Fsp3) is 0. The Morgan fingerprint density at radius 1 is 0.200 bits per heavy atom. The van der Waals surface area contributed by atoms with Gasteiger partial charge in [-0.05, 0) is 129 Å². The highest BCUT2D eigenvalue weighted by Gasteiger charge is 2.19. The lowest BCUT2D eigenvalue weighted by molar-refractivity contribution is 1.60. The van der Waals surface area contributed by atoms with Gasteiger partial charge in [0.05, 0.1) is 0 Å². The first-order valence-corrected chi connectivity index (χ1v) is 17.3. The van der Waals surface area contributed by atoms with Gasteiger partial charge in [-0.2, -0.15) is 0 Å². The third-order valence-electron chi connectivity index (χ3n) is 10.4. The maximum Gasteiger partial charge on any atom is -0.00201 e. The second-order valence-corrected chi connectivity index (χ2v) is 13.3. The average Bonchev–Trinajstić information content (AvgIpc) is 3.19. The van der Waals surface area contributed by atoms with Crippen molar-refractivity contribution in [1.29, 1.82) is 0 Å². The first-order chi connectivity index (χ1) is 24.8. The van der Waals surface area contributed by atoms with E-state index in [2.05, 4.69) is 194 Å². The van der Waals surface area contributed by atoms with E-state index in [1.54, 1.807) is 0 Å². The van der Waals surface area contributed by atoms with Crippen LogP contribution < -0.4 is 0 Å². The van der Waals surface area contributed by atoms with Crippen LogP contribution in [0.25, 0.3) is 98.4 Å². The van der Waals surface area contributed by atoms with Gasteiger partial charge in [-0.15, -0.1) is 0 Å². The van der Waals surface area contributed by atoms with Gasteiger partial charge in [0.1, 0.15) is 0 Å². The molecule has 0 saturated carbocycles. The number of rotatable bonds is 4. The number of hydrogen-bond acceptors (Lipinski definition) is 0. The van der Waals surface area contributed by atoms with E-state index < -0.39 is 0 Å². The van der Waals surface area contributed by atoms with Gasteiger partial charge in [-0.25, -0.2) is 0 Å². The molecule has 10 aromatic rings. The van der Waals surface area contributed by atoms with Crippen LogP contribution in [-0.4, -0.2) is 0 Å². The van der Waals surface area contributed by atoms with Crippen molar-refractivity contribution in [3.63, 3.8) is 0 Å². The third kappa shape index (κ3) is 4.69. The molecule has 0 heteroatoms. The second kappa shape index (κ2) is 11.6. The van der Waals surface area contributed by atoms with Crippen LogP contribution in [-0.2, 0) is 0 Å². The summed E-state index contributed by atoms with van der Waals surface area (Å²) in [7, 11) is 0. The van der Waals surface area contributed by atoms with Crippen LogP contribution in [0.15, 0.2) is 194 Å². The zero-order valence-corrected chi connectivity index (χ0v) is 27.5. The van der Waals surface area contributed by atoms with Crippen molar-refractivity contribution in [3.05, 3.63) is 194 Å². The monoisotopic (exact) mass is 632 g/mol. The molecule has 0 heterocycles. The van der Waals surface area contributed by atoms with Crippen LogP contribution in [0, 0.1) is 0 Å². The molecular weight excluding hydrogens is 601 g/mol. The molecule has 0 aliphatic carbocycles. The van der Waals surface area contributed by atoms with Gasteiger partial charge in [-0.3, -0.25) is 0 Å². The van der Waals surface area contributed by atoms with Crippen molar-refractivity contribution in [2.24, 2.45) is 0 Å². The lowest BCUT2D eigenvalue weighted by atomic mass is 9.83. The van der Waals surface area contributed by atoms with Gasteiger partial charge < -0.3 is 0 Å². The van der Waals surface area contributed by atoms with Crippen molar-refractivity contribution in [3.8, 4) is 44.5 Å². The Kier molecular flexibility index (Phi) is 6.60. The predicted octanol–water partition coefficient (Wildman–Crippen LogP) is 14.1. The van der Waals surface area contributed by atoms with E-state index in [1.165, 1.54) is 98.4 Å². The first-order valence-electron chi connectivity index (χ1n) is 17.3. The van der Waals surface area contributed by atoms with Gasteiger partial charge in [0, 0.05) is 0 Å². The Hall–Kier alpha value is -6.50. The van der Waals surface area contributed by atoms with E-state index in [0.29, 0.717) is 0 Å². The Labute approximate surface area is 291 Å². The number of hydrogen-bond donors (Lipinski definition) is 0. The van der Waals surface area contributed by atoms with Crippen molar-refractivity contribution in [1.82, 2.24) is 0 Å². The lowest BCUT2D eigenvalue weighted by Gasteiger charge is -2.20. The molecule has 0 saturated heterocycles. The maximum absolute atomic E-state index is 2.40. The Balaban J connectivity index is 1.29. The highest BCUT2D eigenvalue weighted by molar-refractivity contribution is 6.23. The summed E-state index contributed by atoms with van der Waals surface area (Å²) in [6.07, 6.45) is 0. The van der Waals surface area contributed by atoms with Crippen LogP contribution in [0.5, 0.6) is 0 Å². The molecule has 0 amide bonds. The highest BCUT2D eigenvalue weighted by Crippen LogP contribution is 2.46. The minimum atomic E-state index is 1.21. The van der Waals surface area contributed by atoms with Gasteiger partial charge in [-0.1, -0.05) is 164 Å². The minimum Gasteiger partial charge on any atom is -0.0616 e. The zero-order valence-electron chi connectivity index (χ0n) is 27.5. The zero-order chi connectivity index (χ0) is 33.0. The van der Waals surface area contributed by atoms with E-state index in [0.717, 1.165) is 0 Å². The molecule has 10 aromatic carbocycles. The quantitative estimate of drug-likeness (QED) is 0.169. The van der Waals surface area contributed by atoms with Crippen molar-refractivity contribution < 1.29 is 0 Å². The van der Waals surface area contributed by atoms with Crippen LogP contribution >= 0.6 is 0 Å². The smallest absolute Gasteiger partial charge is 0.00201 e. The summed E-state index contributed by atoms with van der Waals surface area (Å²) < 4.78 is 0. The normalized spacial score (nSPS) is 11.6. The SMILES string of the molecule is c1ccc2cc(-c3cc(-c4ccc5ccccc5c4)cc(-c4c5ccccc5c(-c5cccc6ccccc56)c5ccccc45)c3)ccc2c1. The lowest BCUT2D eigenvalue weighted by Crippen LogP contribution is -1.93. The largest absolute Gasteiger partial charge is 0.0616 e. The fourth-order valence-electron chi connectivity index (χ4n) is 8.02. The highest BCUT2D eigenvalue weighted by atomic mass is 14.2. The van der Waals surface area contributed by atoms with E-state index >= 15 is 0 Å². The Morgan fingerprint density at radius 2 is 0.600 bits per heavy atom. The van der Waals surface area contributed by atoms with Crippen molar-refractivity contribution >= 4 is 53.9 Å². The molecule has 0 nitrogen and oxygen atoms in total. The van der Waals surface area contributed by atoms with Crippen LogP contribution in [0.2, 0.25) is 0 Å². The Bertz CT molecular complexity index is 2770. The summed E-state index contributed by atoms with van der Waals surface area (Å²) in [4.78, 5) is 0. The predicted molar refractivity (Wildman–Crippen MR) is 216 cm³/mol. The maximum atomic E-state index is 2.40. The minimum absolute atomic E-state index is 1.21.